The topological polar surface area (TPSA) is 142 Å². The van der Waals surface area contributed by atoms with Crippen LogP contribution in [0, 0.1) is 56.7 Å². The summed E-state index contributed by atoms with van der Waals surface area (Å²) >= 11 is 0. The summed E-state index contributed by atoms with van der Waals surface area (Å²) < 4.78 is 4.07. The Kier molecular flexibility index (Phi) is 8.23. The summed E-state index contributed by atoms with van der Waals surface area (Å²) in [5.74, 6) is 0. The van der Waals surface area contributed by atoms with Gasteiger partial charge < -0.3 is 9.13 Å². The van der Waals surface area contributed by atoms with E-state index in [0.717, 1.165) is 77.3 Å². The van der Waals surface area contributed by atoms with Crippen molar-refractivity contribution >= 4 is 43.6 Å². The van der Waals surface area contributed by atoms with Crippen molar-refractivity contribution in [3.8, 4) is 75.4 Å². The Hall–Kier alpha value is -9.26. The molecule has 0 N–H and O–H groups in total. The number of fused-ring (bicyclic) bond motifs is 6. The summed E-state index contributed by atoms with van der Waals surface area (Å²) in [6, 6.07) is 61.6. The Balaban J connectivity index is 1.37. The van der Waals surface area contributed by atoms with E-state index < -0.39 is 0 Å². The van der Waals surface area contributed by atoms with E-state index in [1.807, 2.05) is 130 Å². The van der Waals surface area contributed by atoms with Crippen LogP contribution >= 0.6 is 0 Å². The Bertz CT molecular complexity index is 3280. The van der Waals surface area contributed by atoms with Gasteiger partial charge in [-0.3, -0.25) is 0 Å². The Morgan fingerprint density at radius 2 is 0.667 bits per heavy atom. The molecule has 3 heterocycles. The van der Waals surface area contributed by atoms with Crippen LogP contribution in [0.25, 0.3) is 88.6 Å². The quantitative estimate of drug-likeness (QED) is 0.171. The van der Waals surface area contributed by atoms with E-state index in [0.29, 0.717) is 39.2 Å². The second-order valence-corrected chi connectivity index (χ2v) is 14.4. The highest BCUT2D eigenvalue weighted by atomic mass is 15.0. The molecule has 10 aromatic rings. The lowest BCUT2D eigenvalue weighted by atomic mass is 9.97. The van der Waals surface area contributed by atoms with Gasteiger partial charge in [0, 0.05) is 32.7 Å². The van der Waals surface area contributed by atoms with Crippen LogP contribution in [0.15, 0.2) is 158 Å². The number of benzene rings is 7. The number of hydrogen-bond donors (Lipinski definition) is 0. The highest BCUT2D eigenvalue weighted by molar-refractivity contribution is 6.12. The van der Waals surface area contributed by atoms with Gasteiger partial charge >= 0.3 is 0 Å². The fraction of sp³-hybridized carbons (Fsp3) is 0. The zero-order chi connectivity index (χ0) is 40.9. The Morgan fingerprint density at radius 1 is 0.333 bits per heavy atom. The van der Waals surface area contributed by atoms with Crippen molar-refractivity contribution in [2.24, 2.45) is 0 Å². The zero-order valence-electron chi connectivity index (χ0n) is 31.6. The molecule has 0 radical (unpaired) electrons. The molecule has 0 bridgehead atoms. The second-order valence-electron chi connectivity index (χ2n) is 14.4. The molecular weight excluding hydrogens is 737 g/mol. The first kappa shape index (κ1) is 35.2. The minimum atomic E-state index is 0.361. The number of rotatable bonds is 5. The Labute approximate surface area is 343 Å². The van der Waals surface area contributed by atoms with E-state index in [4.69, 9.17) is 4.98 Å². The first-order chi connectivity index (χ1) is 29.5. The third kappa shape index (κ3) is 5.61. The molecule has 0 atom stereocenters. The van der Waals surface area contributed by atoms with E-state index in [9.17, 15) is 26.3 Å². The molecule has 0 aliphatic carbocycles. The van der Waals surface area contributed by atoms with E-state index in [1.54, 1.807) is 24.3 Å². The van der Waals surface area contributed by atoms with Gasteiger partial charge in [0.05, 0.1) is 91.4 Å². The van der Waals surface area contributed by atoms with Gasteiger partial charge in [-0.1, -0.05) is 60.7 Å². The van der Waals surface area contributed by atoms with Crippen molar-refractivity contribution in [2.45, 2.75) is 0 Å². The average molecular weight is 763 g/mol. The third-order valence-corrected chi connectivity index (χ3v) is 11.0. The monoisotopic (exact) mass is 762 g/mol. The molecule has 0 fully saturated rings. The molecule has 0 saturated carbocycles. The van der Waals surface area contributed by atoms with E-state index >= 15 is 0 Å². The predicted molar refractivity (Wildman–Crippen MR) is 233 cm³/mol. The maximum Gasteiger partial charge on any atom is 0.104 e. The van der Waals surface area contributed by atoms with E-state index in [1.165, 1.54) is 0 Å². The molecule has 8 nitrogen and oxygen atoms in total. The van der Waals surface area contributed by atoms with Gasteiger partial charge in [0.1, 0.15) is 11.6 Å². The largest absolute Gasteiger partial charge is 0.308 e. The molecule has 0 spiro atoms. The van der Waals surface area contributed by atoms with Crippen LogP contribution in [-0.4, -0.2) is 14.1 Å². The predicted octanol–water partition coefficient (Wildman–Crippen LogP) is 11.6. The highest BCUT2D eigenvalue weighted by Gasteiger charge is 2.24. The normalized spacial score (nSPS) is 10.9. The van der Waals surface area contributed by atoms with Crippen LogP contribution < -0.4 is 0 Å². The second kappa shape index (κ2) is 14.0. The lowest BCUT2D eigenvalue weighted by Crippen LogP contribution is -2.05. The maximum absolute atomic E-state index is 11.4. The van der Waals surface area contributed by atoms with Crippen molar-refractivity contribution in [1.82, 2.24) is 14.1 Å². The molecule has 0 unspecified atom stereocenters. The molecule has 0 aliphatic heterocycles. The third-order valence-electron chi connectivity index (χ3n) is 11.0. The average Bonchev–Trinajstić information content (AvgIpc) is 3.82. The van der Waals surface area contributed by atoms with Crippen molar-refractivity contribution < 1.29 is 0 Å². The van der Waals surface area contributed by atoms with Gasteiger partial charge in [-0.25, -0.2) is 4.98 Å². The zero-order valence-corrected chi connectivity index (χ0v) is 31.6. The molecule has 0 amide bonds. The van der Waals surface area contributed by atoms with Crippen molar-refractivity contribution in [1.29, 1.82) is 26.3 Å². The first-order valence-electron chi connectivity index (χ1n) is 19.0. The summed E-state index contributed by atoms with van der Waals surface area (Å²) in [6.45, 7) is 0. The highest BCUT2D eigenvalue weighted by Crippen LogP contribution is 2.42. The summed E-state index contributed by atoms with van der Waals surface area (Å²) in [4.78, 5) is 5.14. The van der Waals surface area contributed by atoms with Gasteiger partial charge in [-0.05, 0) is 108 Å². The molecular formula is C52H26N8. The molecule has 0 saturated heterocycles. The molecule has 274 valence electrons. The van der Waals surface area contributed by atoms with Gasteiger partial charge in [-0.2, -0.15) is 26.3 Å². The SMILES string of the molecule is N#Cc1ccc2c(c1)c1cc(C#N)ccc1n2-c1cc(-c2cc(-c3ccccc3)nc(-c3ccccc3)c2)cc(-n2c3ccc(C#N)cc3c3cc(C#N)ccc32)c1C#N. The van der Waals surface area contributed by atoms with Crippen LogP contribution in [0.1, 0.15) is 27.8 Å². The number of nitriles is 5. The summed E-state index contributed by atoms with van der Waals surface area (Å²) in [5.41, 5.74) is 11.5. The molecule has 3 aromatic heterocycles. The molecule has 60 heavy (non-hydrogen) atoms. The smallest absolute Gasteiger partial charge is 0.104 e. The van der Waals surface area contributed by atoms with Crippen molar-refractivity contribution in [2.75, 3.05) is 0 Å². The standard InChI is InChI=1S/C52H26N8/c53-27-32-11-15-47-40(19-32)41-20-33(28-54)12-16-48(41)59(47)51-25-39(38-23-45(36-7-3-1-4-8-36)58-46(24-38)37-9-5-2-6-10-37)26-52(44(51)31-57)60-49-17-13-34(29-55)21-42(49)43-22-35(30-56)14-18-50(43)60/h1-26H. The van der Waals surface area contributed by atoms with Crippen LogP contribution in [0.2, 0.25) is 0 Å². The summed E-state index contributed by atoms with van der Waals surface area (Å²) in [5, 5.41) is 54.2. The van der Waals surface area contributed by atoms with Crippen molar-refractivity contribution in [3.05, 3.63) is 186 Å². The summed E-state index contributed by atoms with van der Waals surface area (Å²) in [6.07, 6.45) is 0. The molecule has 8 heteroatoms. The molecule has 7 aromatic carbocycles. The van der Waals surface area contributed by atoms with Gasteiger partial charge in [0.25, 0.3) is 0 Å². The molecule has 0 aliphatic rings. The number of pyridine rings is 1. The van der Waals surface area contributed by atoms with E-state index in [2.05, 4.69) is 42.5 Å². The van der Waals surface area contributed by atoms with Crippen LogP contribution in [0.5, 0.6) is 0 Å². The number of aromatic nitrogens is 3. The van der Waals surface area contributed by atoms with Gasteiger partial charge in [-0.15, -0.1) is 0 Å². The van der Waals surface area contributed by atoms with Gasteiger partial charge in [0.15, 0.2) is 0 Å². The fourth-order valence-corrected chi connectivity index (χ4v) is 8.30. The lowest BCUT2D eigenvalue weighted by Gasteiger charge is -2.19. The Morgan fingerprint density at radius 3 is 0.983 bits per heavy atom. The van der Waals surface area contributed by atoms with Gasteiger partial charge in [0.2, 0.25) is 0 Å². The maximum atomic E-state index is 11.4. The minimum Gasteiger partial charge on any atom is -0.308 e. The van der Waals surface area contributed by atoms with Crippen molar-refractivity contribution in [3.63, 3.8) is 0 Å². The van der Waals surface area contributed by atoms with E-state index in [-0.39, 0.29) is 0 Å². The fourth-order valence-electron chi connectivity index (χ4n) is 8.30. The summed E-state index contributed by atoms with van der Waals surface area (Å²) in [7, 11) is 0. The van der Waals surface area contributed by atoms with Crippen LogP contribution in [0.4, 0.5) is 0 Å². The van der Waals surface area contributed by atoms with Crippen LogP contribution in [0.3, 0.4) is 0 Å². The number of nitrogens with zero attached hydrogens (tertiary/aromatic N) is 8. The lowest BCUT2D eigenvalue weighted by molar-refractivity contribution is 1.12. The molecule has 10 rings (SSSR count). The first-order valence-corrected chi connectivity index (χ1v) is 19.0. The number of hydrogen-bond acceptors (Lipinski definition) is 6. The van der Waals surface area contributed by atoms with Crippen LogP contribution in [-0.2, 0) is 0 Å². The minimum absolute atomic E-state index is 0.361.